The Labute approximate surface area is 114 Å². The van der Waals surface area contributed by atoms with Crippen LogP contribution in [0.25, 0.3) is 0 Å². The predicted octanol–water partition coefficient (Wildman–Crippen LogP) is 4.69. The molecule has 0 amide bonds. The molecule has 0 aromatic heterocycles. The van der Waals surface area contributed by atoms with Crippen LogP contribution in [0.15, 0.2) is 48.5 Å². The summed E-state index contributed by atoms with van der Waals surface area (Å²) in [6.07, 6.45) is 0.485. The second-order valence-electron chi connectivity index (χ2n) is 4.20. The number of halogens is 3. The zero-order chi connectivity index (χ0) is 13.0. The van der Waals surface area contributed by atoms with Gasteiger partial charge in [0, 0.05) is 5.33 Å². The topological polar surface area (TPSA) is 0 Å². The lowest BCUT2D eigenvalue weighted by atomic mass is 9.93. The highest BCUT2D eigenvalue weighted by molar-refractivity contribution is 9.09. The van der Waals surface area contributed by atoms with Crippen molar-refractivity contribution in [2.24, 2.45) is 0 Å². The number of alkyl halides is 1. The van der Waals surface area contributed by atoms with Gasteiger partial charge < -0.3 is 0 Å². The van der Waals surface area contributed by atoms with E-state index in [4.69, 9.17) is 0 Å². The Morgan fingerprint density at radius 2 is 1.72 bits per heavy atom. The van der Waals surface area contributed by atoms with E-state index in [1.807, 2.05) is 30.3 Å². The first kappa shape index (κ1) is 13.2. The van der Waals surface area contributed by atoms with Crippen LogP contribution in [0.4, 0.5) is 8.78 Å². The van der Waals surface area contributed by atoms with E-state index in [1.54, 1.807) is 0 Å². The van der Waals surface area contributed by atoms with Crippen molar-refractivity contribution in [3.63, 3.8) is 0 Å². The maximum absolute atomic E-state index is 13.6. The van der Waals surface area contributed by atoms with Crippen molar-refractivity contribution in [2.75, 3.05) is 5.33 Å². The van der Waals surface area contributed by atoms with Crippen LogP contribution in [0.3, 0.4) is 0 Å². The van der Waals surface area contributed by atoms with Crippen LogP contribution in [-0.4, -0.2) is 5.33 Å². The van der Waals surface area contributed by atoms with Gasteiger partial charge >= 0.3 is 0 Å². The van der Waals surface area contributed by atoms with E-state index >= 15 is 0 Å². The third-order valence-corrected chi connectivity index (χ3v) is 3.71. The number of hydrogen-bond acceptors (Lipinski definition) is 0. The molecule has 1 atom stereocenters. The summed E-state index contributed by atoms with van der Waals surface area (Å²) in [6.45, 7) is 0. The van der Waals surface area contributed by atoms with Crippen LogP contribution in [0.5, 0.6) is 0 Å². The fourth-order valence-electron chi connectivity index (χ4n) is 1.95. The summed E-state index contributed by atoms with van der Waals surface area (Å²) in [6, 6.07) is 13.4. The van der Waals surface area contributed by atoms with Crippen molar-refractivity contribution < 1.29 is 8.78 Å². The molecule has 2 rings (SSSR count). The molecule has 0 heterocycles. The summed E-state index contributed by atoms with van der Waals surface area (Å²) in [4.78, 5) is 0. The van der Waals surface area contributed by atoms with Gasteiger partial charge in [0.25, 0.3) is 0 Å². The van der Waals surface area contributed by atoms with Gasteiger partial charge in [-0.05, 0) is 41.7 Å². The smallest absolute Gasteiger partial charge is 0.126 e. The molecule has 94 valence electrons. The van der Waals surface area contributed by atoms with Crippen LogP contribution in [0.1, 0.15) is 17.0 Å². The molecular formula is C15H13BrF2. The first-order chi connectivity index (χ1) is 8.70. The number of rotatable bonds is 4. The molecule has 0 nitrogen and oxygen atoms in total. The fourth-order valence-corrected chi connectivity index (χ4v) is 2.55. The zero-order valence-corrected chi connectivity index (χ0v) is 11.3. The molecule has 18 heavy (non-hydrogen) atoms. The van der Waals surface area contributed by atoms with E-state index in [1.165, 1.54) is 12.1 Å². The van der Waals surface area contributed by atoms with E-state index in [0.29, 0.717) is 17.3 Å². The second kappa shape index (κ2) is 6.10. The lowest BCUT2D eigenvalue weighted by molar-refractivity contribution is 0.577. The summed E-state index contributed by atoms with van der Waals surface area (Å²) in [7, 11) is 0. The molecular weight excluding hydrogens is 298 g/mol. The molecule has 0 aliphatic heterocycles. The molecule has 0 saturated carbocycles. The molecule has 0 fully saturated rings. The Hall–Kier alpha value is -1.22. The van der Waals surface area contributed by atoms with E-state index in [2.05, 4.69) is 15.9 Å². The van der Waals surface area contributed by atoms with Crippen molar-refractivity contribution in [3.05, 3.63) is 71.3 Å². The second-order valence-corrected chi connectivity index (χ2v) is 4.85. The van der Waals surface area contributed by atoms with Crippen LogP contribution in [0, 0.1) is 11.6 Å². The van der Waals surface area contributed by atoms with Gasteiger partial charge in [0.1, 0.15) is 11.6 Å². The average Bonchev–Trinajstić information content (AvgIpc) is 2.41. The van der Waals surface area contributed by atoms with Crippen LogP contribution in [0.2, 0.25) is 0 Å². The minimum Gasteiger partial charge on any atom is -0.207 e. The first-order valence-corrected chi connectivity index (χ1v) is 6.87. The third kappa shape index (κ3) is 3.16. The maximum atomic E-state index is 13.6. The van der Waals surface area contributed by atoms with E-state index in [9.17, 15) is 8.78 Å². The Morgan fingerprint density at radius 3 is 2.39 bits per heavy atom. The van der Waals surface area contributed by atoms with Gasteiger partial charge in [-0.2, -0.15) is 0 Å². The first-order valence-electron chi connectivity index (χ1n) is 5.75. The Kier molecular flexibility index (Phi) is 4.48. The van der Waals surface area contributed by atoms with Gasteiger partial charge in [-0.15, -0.1) is 0 Å². The summed E-state index contributed by atoms with van der Waals surface area (Å²) in [5, 5.41) is 0.715. The van der Waals surface area contributed by atoms with E-state index in [-0.39, 0.29) is 11.7 Å². The van der Waals surface area contributed by atoms with E-state index < -0.39 is 5.82 Å². The quantitative estimate of drug-likeness (QED) is 0.719. The fraction of sp³-hybridized carbons (Fsp3) is 0.200. The Bertz CT molecular complexity index is 511. The summed E-state index contributed by atoms with van der Waals surface area (Å²) >= 11 is 3.44. The molecule has 0 N–H and O–H groups in total. The van der Waals surface area contributed by atoms with Crippen LogP contribution in [-0.2, 0) is 6.42 Å². The van der Waals surface area contributed by atoms with Crippen LogP contribution >= 0.6 is 15.9 Å². The predicted molar refractivity (Wildman–Crippen MR) is 73.0 cm³/mol. The van der Waals surface area contributed by atoms with Gasteiger partial charge in [-0.1, -0.05) is 46.3 Å². The molecule has 0 radical (unpaired) electrons. The maximum Gasteiger partial charge on any atom is 0.126 e. The Morgan fingerprint density at radius 1 is 1.00 bits per heavy atom. The molecule has 0 aliphatic rings. The summed E-state index contributed by atoms with van der Waals surface area (Å²) < 4.78 is 26.7. The molecule has 0 aliphatic carbocycles. The number of hydrogen-bond donors (Lipinski definition) is 0. The normalized spacial score (nSPS) is 12.4. The lowest BCUT2D eigenvalue weighted by Gasteiger charge is -2.15. The summed E-state index contributed by atoms with van der Waals surface area (Å²) in [5.74, 6) is -0.603. The molecule has 3 heteroatoms. The van der Waals surface area contributed by atoms with Gasteiger partial charge in [0.2, 0.25) is 0 Å². The molecule has 0 spiro atoms. The van der Waals surface area contributed by atoms with Crippen LogP contribution < -0.4 is 0 Å². The molecule has 2 aromatic rings. The summed E-state index contributed by atoms with van der Waals surface area (Å²) in [5.41, 5.74) is 1.54. The van der Waals surface area contributed by atoms with Gasteiger partial charge in [-0.3, -0.25) is 0 Å². The third-order valence-electron chi connectivity index (χ3n) is 2.93. The average molecular weight is 311 g/mol. The van der Waals surface area contributed by atoms with E-state index in [0.717, 1.165) is 11.6 Å². The SMILES string of the molecule is Fc1ccc(F)c(CC(CBr)c2ccccc2)c1. The van der Waals surface area contributed by atoms with Crippen molar-refractivity contribution in [3.8, 4) is 0 Å². The molecule has 2 aromatic carbocycles. The number of benzene rings is 2. The van der Waals surface area contributed by atoms with Crippen molar-refractivity contribution in [1.82, 2.24) is 0 Å². The van der Waals surface area contributed by atoms with Crippen molar-refractivity contribution in [1.29, 1.82) is 0 Å². The standard InChI is InChI=1S/C15H13BrF2/c16-10-13(11-4-2-1-3-5-11)8-12-9-14(17)6-7-15(12)18/h1-7,9,13H,8,10H2. The largest absolute Gasteiger partial charge is 0.207 e. The van der Waals surface area contributed by atoms with Gasteiger partial charge in [0.15, 0.2) is 0 Å². The Balaban J connectivity index is 2.23. The molecule has 0 bridgehead atoms. The highest BCUT2D eigenvalue weighted by Gasteiger charge is 2.14. The van der Waals surface area contributed by atoms with Gasteiger partial charge in [0.05, 0.1) is 0 Å². The van der Waals surface area contributed by atoms with Crippen molar-refractivity contribution in [2.45, 2.75) is 12.3 Å². The minimum atomic E-state index is -0.396. The molecule has 0 saturated heterocycles. The monoisotopic (exact) mass is 310 g/mol. The zero-order valence-electron chi connectivity index (χ0n) is 9.74. The highest BCUT2D eigenvalue weighted by atomic mass is 79.9. The van der Waals surface area contributed by atoms with Crippen molar-refractivity contribution >= 4 is 15.9 Å². The minimum absolute atomic E-state index is 0.141. The highest BCUT2D eigenvalue weighted by Crippen LogP contribution is 2.24. The van der Waals surface area contributed by atoms with Gasteiger partial charge in [-0.25, -0.2) is 8.78 Å². The lowest BCUT2D eigenvalue weighted by Crippen LogP contribution is -2.06. The molecule has 1 unspecified atom stereocenters.